The Bertz CT molecular complexity index is 1460. The molecule has 0 bridgehead atoms. The molecule has 3 aromatic rings. The highest BCUT2D eigenvalue weighted by molar-refractivity contribution is 9.10. The molecule has 3 aliphatic heterocycles. The average Bonchev–Trinajstić information content (AvgIpc) is 3.68. The van der Waals surface area contributed by atoms with Crippen LogP contribution in [0.3, 0.4) is 0 Å². The predicted octanol–water partition coefficient (Wildman–Crippen LogP) is 5.34. The molecule has 6 rings (SSSR count). The van der Waals surface area contributed by atoms with Crippen LogP contribution in [0.25, 0.3) is 0 Å². The molecule has 0 saturated carbocycles. The van der Waals surface area contributed by atoms with Gasteiger partial charge in [0.15, 0.2) is 34.5 Å². The Hall–Kier alpha value is -4.17. The number of carboxylic acid groups (broad SMARTS) is 2. The van der Waals surface area contributed by atoms with Crippen LogP contribution in [0.4, 0.5) is 0 Å². The number of ether oxygens (including phenoxy) is 7. The van der Waals surface area contributed by atoms with Gasteiger partial charge in [0.25, 0.3) is 0 Å². The van der Waals surface area contributed by atoms with E-state index in [0.29, 0.717) is 55.6 Å². The maximum Gasteiger partial charge on any atom is 0.339 e. The summed E-state index contributed by atoms with van der Waals surface area (Å²) in [6.07, 6.45) is 0. The van der Waals surface area contributed by atoms with Gasteiger partial charge in [0.1, 0.15) is 0 Å². The molecule has 0 aliphatic carbocycles. The topological polar surface area (TPSA) is 156 Å². The molecular weight excluding hydrogens is 664 g/mol. The maximum absolute atomic E-state index is 11.5. The molecule has 12 nitrogen and oxygen atoms in total. The number of carboxylic acids is 2. The van der Waals surface area contributed by atoms with Gasteiger partial charge >= 0.3 is 17.9 Å². The van der Waals surface area contributed by atoms with Gasteiger partial charge in [-0.1, -0.05) is 0 Å². The summed E-state index contributed by atoms with van der Waals surface area (Å²) in [6, 6.07) is 10.9. The minimum atomic E-state index is -0.995. The lowest BCUT2D eigenvalue weighted by molar-refractivity contribution is 0.0523. The first kappa shape index (κ1) is 28.8. The molecule has 3 aromatic carbocycles. The van der Waals surface area contributed by atoms with Gasteiger partial charge in [0.05, 0.1) is 23.3 Å². The Morgan fingerprint density at radius 3 is 1.62 bits per heavy atom. The fourth-order valence-corrected chi connectivity index (χ4v) is 4.37. The van der Waals surface area contributed by atoms with E-state index in [1.807, 2.05) is 0 Å². The molecule has 0 fully saturated rings. The average molecular weight is 684 g/mol. The van der Waals surface area contributed by atoms with Crippen molar-refractivity contribution in [1.29, 1.82) is 0 Å². The van der Waals surface area contributed by atoms with Crippen molar-refractivity contribution in [2.75, 3.05) is 27.0 Å². The maximum atomic E-state index is 11.5. The Morgan fingerprint density at radius 2 is 1.12 bits per heavy atom. The van der Waals surface area contributed by atoms with Gasteiger partial charge in [0, 0.05) is 8.95 Å². The van der Waals surface area contributed by atoms with Crippen LogP contribution in [0.15, 0.2) is 51.4 Å². The van der Waals surface area contributed by atoms with Crippen LogP contribution in [0, 0.1) is 0 Å². The number of esters is 1. The van der Waals surface area contributed by atoms with Crippen molar-refractivity contribution in [2.45, 2.75) is 6.92 Å². The second-order valence-corrected chi connectivity index (χ2v) is 9.48. The normalized spacial score (nSPS) is 12.9. The highest BCUT2D eigenvalue weighted by Gasteiger charge is 2.21. The van der Waals surface area contributed by atoms with Crippen molar-refractivity contribution in [1.82, 2.24) is 0 Å². The third-order valence-electron chi connectivity index (χ3n) is 5.27. The number of hydrogen-bond donors (Lipinski definition) is 2. The summed E-state index contributed by atoms with van der Waals surface area (Å²) in [5.74, 6) is 1.00. The smallest absolute Gasteiger partial charge is 0.339 e. The van der Waals surface area contributed by atoms with Gasteiger partial charge in [-0.15, -0.1) is 0 Å². The third kappa shape index (κ3) is 6.69. The number of hydrogen-bond acceptors (Lipinski definition) is 10. The Kier molecular flexibility index (Phi) is 9.22. The first-order valence-electron chi connectivity index (χ1n) is 11.4. The van der Waals surface area contributed by atoms with Crippen LogP contribution >= 0.6 is 31.9 Å². The quantitative estimate of drug-likeness (QED) is 0.341. The first-order chi connectivity index (χ1) is 19.2. The van der Waals surface area contributed by atoms with Gasteiger partial charge in [-0.25, -0.2) is 14.4 Å². The van der Waals surface area contributed by atoms with E-state index in [-0.39, 0.29) is 37.5 Å². The Labute approximate surface area is 243 Å². The molecule has 0 unspecified atom stereocenters. The molecule has 14 heteroatoms. The van der Waals surface area contributed by atoms with Crippen molar-refractivity contribution in [2.24, 2.45) is 0 Å². The van der Waals surface area contributed by atoms with E-state index in [4.69, 9.17) is 43.4 Å². The molecule has 0 atom stereocenters. The van der Waals surface area contributed by atoms with E-state index in [1.165, 1.54) is 18.2 Å². The van der Waals surface area contributed by atoms with Crippen molar-refractivity contribution in [3.63, 3.8) is 0 Å². The largest absolute Gasteiger partial charge is 0.478 e. The van der Waals surface area contributed by atoms with Crippen LogP contribution < -0.4 is 28.4 Å². The van der Waals surface area contributed by atoms with Crippen LogP contribution in [-0.4, -0.2) is 55.1 Å². The molecule has 3 aliphatic rings. The number of aromatic carboxylic acids is 2. The lowest BCUT2D eigenvalue weighted by atomic mass is 10.2. The lowest BCUT2D eigenvalue weighted by Crippen LogP contribution is -2.05. The summed E-state index contributed by atoms with van der Waals surface area (Å²) in [6.45, 7) is 2.61. The van der Waals surface area contributed by atoms with Crippen LogP contribution in [0.2, 0.25) is 0 Å². The number of fused-ring (bicyclic) bond motifs is 3. The molecule has 0 saturated heterocycles. The molecule has 0 radical (unpaired) electrons. The number of rotatable bonds is 4. The lowest BCUT2D eigenvalue weighted by Gasteiger charge is -2.05. The fourth-order valence-electron chi connectivity index (χ4n) is 3.39. The molecular formula is C26H20Br2O12. The summed E-state index contributed by atoms with van der Waals surface area (Å²) in [4.78, 5) is 32.7. The number of carbonyl (C=O) groups is 3. The fraction of sp³-hybridized carbons (Fsp3) is 0.192. The highest BCUT2D eigenvalue weighted by Crippen LogP contribution is 2.38. The van der Waals surface area contributed by atoms with Gasteiger partial charge < -0.3 is 43.4 Å². The van der Waals surface area contributed by atoms with Crippen molar-refractivity contribution in [3.05, 3.63) is 68.1 Å². The molecule has 0 spiro atoms. The van der Waals surface area contributed by atoms with E-state index < -0.39 is 11.9 Å². The Balaban J connectivity index is 0.000000140. The second-order valence-electron chi connectivity index (χ2n) is 7.77. The van der Waals surface area contributed by atoms with E-state index in [2.05, 4.69) is 31.9 Å². The minimum absolute atomic E-state index is 0.144. The van der Waals surface area contributed by atoms with Crippen LogP contribution in [0.1, 0.15) is 38.0 Å². The molecule has 0 aromatic heterocycles. The zero-order valence-corrected chi connectivity index (χ0v) is 23.8. The predicted molar refractivity (Wildman–Crippen MR) is 143 cm³/mol. The summed E-state index contributed by atoms with van der Waals surface area (Å²) in [5, 5.41) is 17.4. The summed E-state index contributed by atoms with van der Waals surface area (Å²) < 4.78 is 36.5. The number of carbonyl (C=O) groups excluding carboxylic acids is 1. The Morgan fingerprint density at radius 1 is 0.675 bits per heavy atom. The van der Waals surface area contributed by atoms with Gasteiger partial charge in [-0.3, -0.25) is 0 Å². The summed E-state index contributed by atoms with van der Waals surface area (Å²) in [5.41, 5.74) is 0.824. The highest BCUT2D eigenvalue weighted by atomic mass is 79.9. The monoisotopic (exact) mass is 682 g/mol. The molecule has 3 heterocycles. The first-order valence-corrected chi connectivity index (χ1v) is 13.0. The summed E-state index contributed by atoms with van der Waals surface area (Å²) in [7, 11) is 0. The van der Waals surface area contributed by atoms with E-state index in [9.17, 15) is 14.4 Å². The van der Waals surface area contributed by atoms with E-state index in [1.54, 1.807) is 31.2 Å². The van der Waals surface area contributed by atoms with Crippen molar-refractivity contribution < 1.29 is 57.8 Å². The second kappa shape index (κ2) is 12.8. The zero-order chi connectivity index (χ0) is 28.8. The number of halogens is 2. The SMILES string of the molecule is CCOC(=O)c1cc2c(cc1Br)OCO2.O=C(O)c1cc2c(cc1Br)OCO2.O=C(O)c1ccc2c(c1)OCO2. The molecule has 210 valence electrons. The van der Waals surface area contributed by atoms with Crippen molar-refractivity contribution in [3.8, 4) is 34.5 Å². The standard InChI is InChI=1S/C10H9BrO4.C8H5BrO4.C8H6O4/c1-2-13-10(12)6-3-8-9(4-7(6)11)15-5-14-8;9-5-2-7-6(12-3-13-7)1-4(5)8(10)11;9-8(10)5-1-2-6-7(3-5)12-4-11-6/h3-4H,2,5H2,1H3;1-2H,3H2,(H,10,11);1-3H,4H2,(H,9,10). The van der Waals surface area contributed by atoms with Gasteiger partial charge in [-0.05, 0) is 81.2 Å². The van der Waals surface area contributed by atoms with Crippen LogP contribution in [-0.2, 0) is 4.74 Å². The van der Waals surface area contributed by atoms with E-state index in [0.717, 1.165) is 0 Å². The molecule has 2 N–H and O–H groups in total. The van der Waals surface area contributed by atoms with Gasteiger partial charge in [-0.2, -0.15) is 0 Å². The van der Waals surface area contributed by atoms with Crippen LogP contribution in [0.5, 0.6) is 34.5 Å². The van der Waals surface area contributed by atoms with E-state index >= 15 is 0 Å². The molecule has 40 heavy (non-hydrogen) atoms. The summed E-state index contributed by atoms with van der Waals surface area (Å²) >= 11 is 6.42. The zero-order valence-electron chi connectivity index (χ0n) is 20.6. The van der Waals surface area contributed by atoms with Gasteiger partial charge in [0.2, 0.25) is 20.4 Å². The third-order valence-corrected chi connectivity index (χ3v) is 6.58. The minimum Gasteiger partial charge on any atom is -0.478 e. The molecule has 0 amide bonds. The van der Waals surface area contributed by atoms with Crippen molar-refractivity contribution >= 4 is 49.8 Å². The number of benzene rings is 3.